The van der Waals surface area contributed by atoms with Gasteiger partial charge in [0.1, 0.15) is 0 Å². The lowest BCUT2D eigenvalue weighted by Gasteiger charge is -2.26. The fourth-order valence-corrected chi connectivity index (χ4v) is 4.43. The highest BCUT2D eigenvalue weighted by molar-refractivity contribution is 8.01. The number of rotatable bonds is 6. The Morgan fingerprint density at radius 3 is 2.60 bits per heavy atom. The van der Waals surface area contributed by atoms with Crippen LogP contribution >= 0.6 is 23.1 Å². The zero-order chi connectivity index (χ0) is 17.6. The van der Waals surface area contributed by atoms with Crippen molar-refractivity contribution in [3.05, 3.63) is 29.8 Å². The van der Waals surface area contributed by atoms with Crippen LogP contribution in [0.3, 0.4) is 0 Å². The number of benzene rings is 1. The maximum atomic E-state index is 12.2. The lowest BCUT2D eigenvalue weighted by Crippen LogP contribution is -2.36. The van der Waals surface area contributed by atoms with Crippen LogP contribution in [-0.2, 0) is 4.79 Å². The second kappa shape index (κ2) is 8.67. The molecule has 0 aliphatic carbocycles. The summed E-state index contributed by atoms with van der Waals surface area (Å²) in [6.45, 7) is 6.16. The molecule has 2 heterocycles. The van der Waals surface area contributed by atoms with Crippen molar-refractivity contribution in [3.63, 3.8) is 0 Å². The van der Waals surface area contributed by atoms with Crippen LogP contribution in [0.15, 0.2) is 28.6 Å². The number of piperidine rings is 1. The van der Waals surface area contributed by atoms with Crippen molar-refractivity contribution in [1.82, 2.24) is 15.1 Å². The number of anilines is 2. The first-order valence-electron chi connectivity index (χ1n) is 8.73. The first-order valence-corrected chi connectivity index (χ1v) is 10.5. The molecule has 25 heavy (non-hydrogen) atoms. The Morgan fingerprint density at radius 2 is 1.92 bits per heavy atom. The van der Waals surface area contributed by atoms with E-state index < -0.39 is 0 Å². The molecular weight excluding hydrogens is 352 g/mol. The number of thioether (sulfide) groups is 1. The standard InChI is InChI=1S/C18H24N4OS2/c1-13(2)14-6-8-15(9-7-14)19-17-20-21-18(25-17)24-12-16(23)22-10-4-3-5-11-22/h6-9,13H,3-5,10-12H2,1-2H3,(H,19,20). The van der Waals surface area contributed by atoms with Crippen LogP contribution < -0.4 is 5.32 Å². The van der Waals surface area contributed by atoms with E-state index in [0.29, 0.717) is 11.7 Å². The number of hydrogen-bond donors (Lipinski definition) is 1. The molecule has 1 amide bonds. The highest BCUT2D eigenvalue weighted by atomic mass is 32.2. The molecule has 1 saturated heterocycles. The zero-order valence-corrected chi connectivity index (χ0v) is 16.3. The third-order valence-corrected chi connectivity index (χ3v) is 6.22. The van der Waals surface area contributed by atoms with Gasteiger partial charge < -0.3 is 10.2 Å². The van der Waals surface area contributed by atoms with Gasteiger partial charge in [-0.1, -0.05) is 49.1 Å². The zero-order valence-electron chi connectivity index (χ0n) is 14.7. The van der Waals surface area contributed by atoms with Gasteiger partial charge in [-0.15, -0.1) is 10.2 Å². The van der Waals surface area contributed by atoms with Crippen molar-refractivity contribution in [1.29, 1.82) is 0 Å². The van der Waals surface area contributed by atoms with Crippen molar-refractivity contribution in [2.24, 2.45) is 0 Å². The predicted octanol–water partition coefficient (Wildman–Crippen LogP) is 4.51. The Kier molecular flexibility index (Phi) is 6.31. The first kappa shape index (κ1) is 18.2. The molecule has 1 aromatic heterocycles. The van der Waals surface area contributed by atoms with Crippen LogP contribution in [0.25, 0.3) is 0 Å². The molecular formula is C18H24N4OS2. The van der Waals surface area contributed by atoms with Crippen molar-refractivity contribution in [2.75, 3.05) is 24.2 Å². The summed E-state index contributed by atoms with van der Waals surface area (Å²) in [4.78, 5) is 14.2. The Morgan fingerprint density at radius 1 is 1.20 bits per heavy atom. The number of carbonyl (C=O) groups is 1. The largest absolute Gasteiger partial charge is 0.342 e. The smallest absolute Gasteiger partial charge is 0.233 e. The SMILES string of the molecule is CC(C)c1ccc(Nc2nnc(SCC(=O)N3CCCCC3)s2)cc1. The van der Waals surface area contributed by atoms with E-state index in [9.17, 15) is 4.79 Å². The van der Waals surface area contributed by atoms with Crippen molar-refractivity contribution >= 4 is 39.8 Å². The summed E-state index contributed by atoms with van der Waals surface area (Å²) >= 11 is 2.96. The maximum absolute atomic E-state index is 12.2. The number of nitrogens with zero attached hydrogens (tertiary/aromatic N) is 3. The molecule has 0 atom stereocenters. The van der Waals surface area contributed by atoms with E-state index in [1.54, 1.807) is 0 Å². The first-order chi connectivity index (χ1) is 12.1. The van der Waals surface area contributed by atoms with E-state index >= 15 is 0 Å². The van der Waals surface area contributed by atoms with Crippen molar-refractivity contribution in [2.45, 2.75) is 43.4 Å². The quantitative estimate of drug-likeness (QED) is 0.752. The molecule has 0 saturated carbocycles. The lowest BCUT2D eigenvalue weighted by atomic mass is 10.0. The second-order valence-corrected chi connectivity index (χ2v) is 8.70. The van der Waals surface area contributed by atoms with Crippen LogP contribution in [0.1, 0.15) is 44.6 Å². The molecule has 0 spiro atoms. The Hall–Kier alpha value is -1.60. The van der Waals surface area contributed by atoms with Gasteiger partial charge >= 0.3 is 0 Å². The van der Waals surface area contributed by atoms with Gasteiger partial charge in [-0.2, -0.15) is 0 Å². The Bertz CT molecular complexity index is 693. The van der Waals surface area contributed by atoms with Gasteiger partial charge in [0.2, 0.25) is 11.0 Å². The van der Waals surface area contributed by atoms with Gasteiger partial charge in [0.15, 0.2) is 4.34 Å². The predicted molar refractivity (Wildman–Crippen MR) is 105 cm³/mol. The van der Waals surface area contributed by atoms with Crippen LogP contribution in [0.5, 0.6) is 0 Å². The highest BCUT2D eigenvalue weighted by Crippen LogP contribution is 2.28. The molecule has 0 radical (unpaired) electrons. The number of likely N-dealkylation sites (tertiary alicyclic amines) is 1. The minimum atomic E-state index is 0.207. The molecule has 2 aromatic rings. The summed E-state index contributed by atoms with van der Waals surface area (Å²) in [5.41, 5.74) is 2.32. The third-order valence-electron chi connectivity index (χ3n) is 4.26. The normalized spacial score (nSPS) is 14.8. The summed E-state index contributed by atoms with van der Waals surface area (Å²) in [5.74, 6) is 1.17. The van der Waals surface area contributed by atoms with Gasteiger partial charge in [0.25, 0.3) is 0 Å². The lowest BCUT2D eigenvalue weighted by molar-refractivity contribution is -0.129. The Balaban J connectivity index is 1.50. The monoisotopic (exact) mass is 376 g/mol. The fourth-order valence-electron chi connectivity index (χ4n) is 2.75. The number of amides is 1. The van der Waals surface area contributed by atoms with Crippen molar-refractivity contribution in [3.8, 4) is 0 Å². The van der Waals surface area contributed by atoms with Crippen molar-refractivity contribution < 1.29 is 4.79 Å². The summed E-state index contributed by atoms with van der Waals surface area (Å²) in [5, 5.41) is 12.4. The van der Waals surface area contributed by atoms with Gasteiger partial charge in [0.05, 0.1) is 5.75 Å². The van der Waals surface area contributed by atoms with Gasteiger partial charge in [0, 0.05) is 18.8 Å². The molecule has 1 aromatic carbocycles. The Labute approximate surface area is 157 Å². The summed E-state index contributed by atoms with van der Waals surface area (Å²) in [6.07, 6.45) is 3.48. The van der Waals surface area contributed by atoms with Gasteiger partial charge in [-0.25, -0.2) is 0 Å². The van der Waals surface area contributed by atoms with Gasteiger partial charge in [-0.3, -0.25) is 4.79 Å². The van der Waals surface area contributed by atoms with Gasteiger partial charge in [-0.05, 0) is 42.9 Å². The topological polar surface area (TPSA) is 58.1 Å². The average Bonchev–Trinajstić information content (AvgIpc) is 3.08. The van der Waals surface area contributed by atoms with Crippen LogP contribution in [0.2, 0.25) is 0 Å². The number of nitrogens with one attached hydrogen (secondary N) is 1. The fraction of sp³-hybridized carbons (Fsp3) is 0.500. The summed E-state index contributed by atoms with van der Waals surface area (Å²) < 4.78 is 0.826. The van der Waals surface area contributed by atoms with E-state index in [1.165, 1.54) is 35.1 Å². The number of aromatic nitrogens is 2. The molecule has 0 unspecified atom stereocenters. The molecule has 134 valence electrons. The van der Waals surface area contributed by atoms with Crippen LogP contribution in [-0.4, -0.2) is 39.8 Å². The van der Waals surface area contributed by atoms with Crippen LogP contribution in [0.4, 0.5) is 10.8 Å². The molecule has 0 bridgehead atoms. The molecule has 3 rings (SSSR count). The highest BCUT2D eigenvalue weighted by Gasteiger charge is 2.17. The molecule has 1 aliphatic heterocycles. The maximum Gasteiger partial charge on any atom is 0.233 e. The minimum Gasteiger partial charge on any atom is -0.342 e. The van der Waals surface area contributed by atoms with E-state index in [4.69, 9.17) is 0 Å². The third kappa shape index (κ3) is 5.19. The summed E-state index contributed by atoms with van der Waals surface area (Å²) in [6, 6.07) is 8.37. The molecule has 5 nitrogen and oxygen atoms in total. The molecule has 1 aliphatic rings. The van der Waals surface area contributed by atoms with Crippen LogP contribution in [0, 0.1) is 0 Å². The average molecular weight is 377 g/mol. The van der Waals surface area contributed by atoms with E-state index in [0.717, 1.165) is 41.1 Å². The summed E-state index contributed by atoms with van der Waals surface area (Å²) in [7, 11) is 0. The molecule has 1 fully saturated rings. The van der Waals surface area contributed by atoms with E-state index in [-0.39, 0.29) is 5.91 Å². The molecule has 7 heteroatoms. The second-order valence-electron chi connectivity index (χ2n) is 6.50. The number of hydrogen-bond acceptors (Lipinski definition) is 6. The number of carbonyl (C=O) groups excluding carboxylic acids is 1. The minimum absolute atomic E-state index is 0.207. The molecule has 1 N–H and O–H groups in total. The van der Waals surface area contributed by atoms with E-state index in [2.05, 4.69) is 53.6 Å². The van der Waals surface area contributed by atoms with E-state index in [1.807, 2.05) is 4.90 Å².